The monoisotopic (exact) mass is 1410 g/mol. The molecule has 0 amide bonds. The fraction of sp³-hybridized carbons (Fsp3) is 0.948. The maximum absolute atomic E-state index is 13.1. The molecule has 0 spiro atoms. The van der Waals surface area contributed by atoms with Gasteiger partial charge in [0, 0.05) is 25.7 Å². The van der Waals surface area contributed by atoms with Crippen LogP contribution in [0.5, 0.6) is 0 Å². The zero-order valence-electron chi connectivity index (χ0n) is 62.8. The van der Waals surface area contributed by atoms with E-state index in [1.165, 1.54) is 199 Å². The number of aliphatic hydroxyl groups is 1. The molecule has 0 aliphatic heterocycles. The lowest BCUT2D eigenvalue weighted by atomic mass is 10.00. The lowest BCUT2D eigenvalue weighted by Gasteiger charge is -2.21. The van der Waals surface area contributed by atoms with Crippen molar-refractivity contribution in [3.05, 3.63) is 0 Å². The smallest absolute Gasteiger partial charge is 0.462 e. The molecule has 0 aromatic heterocycles. The molecule has 0 heterocycles. The normalized spacial score (nSPS) is 14.3. The summed E-state index contributed by atoms with van der Waals surface area (Å²) < 4.78 is 68.5. The number of unbranched alkanes of at least 4 members (excludes halogenated alkanes) is 42. The number of aliphatic hydroxyl groups excluding tert-OH is 1. The number of ether oxygens (including phenoxy) is 4. The van der Waals surface area contributed by atoms with Crippen molar-refractivity contribution >= 4 is 39.5 Å². The van der Waals surface area contributed by atoms with Gasteiger partial charge in [-0.1, -0.05) is 344 Å². The number of phosphoric ester groups is 2. The van der Waals surface area contributed by atoms with E-state index in [1.54, 1.807) is 0 Å². The molecule has 19 heteroatoms. The van der Waals surface area contributed by atoms with Crippen LogP contribution in [0.3, 0.4) is 0 Å². The van der Waals surface area contributed by atoms with E-state index in [9.17, 15) is 43.2 Å². The predicted molar refractivity (Wildman–Crippen MR) is 391 cm³/mol. The average Bonchev–Trinajstić information content (AvgIpc) is 2.96. The van der Waals surface area contributed by atoms with Crippen LogP contribution >= 0.6 is 15.6 Å². The highest BCUT2D eigenvalue weighted by Crippen LogP contribution is 2.45. The number of rotatable bonds is 75. The van der Waals surface area contributed by atoms with Gasteiger partial charge in [-0.05, 0) is 43.4 Å². The number of phosphoric acid groups is 2. The van der Waals surface area contributed by atoms with Gasteiger partial charge >= 0.3 is 39.5 Å². The molecule has 0 aromatic carbocycles. The Kier molecular flexibility index (Phi) is 66.2. The summed E-state index contributed by atoms with van der Waals surface area (Å²) in [5.41, 5.74) is 0. The van der Waals surface area contributed by atoms with Gasteiger partial charge in [-0.2, -0.15) is 0 Å². The van der Waals surface area contributed by atoms with Crippen LogP contribution in [0.1, 0.15) is 395 Å². The molecule has 3 unspecified atom stereocenters. The van der Waals surface area contributed by atoms with Gasteiger partial charge in [-0.15, -0.1) is 0 Å². The Labute approximate surface area is 588 Å². The fourth-order valence-electron chi connectivity index (χ4n) is 11.7. The minimum Gasteiger partial charge on any atom is -0.462 e. The standard InChI is InChI=1S/C77H150O17P2/c1-8-10-11-12-13-14-24-32-37-46-53-60-76(81)94-73(65-88-75(80)59-52-45-40-39-43-50-57-70(7)9-2)67-92-96(85,86)90-63-71(78)62-89-95(83,84)91-66-72(64-87-74(79)58-51-44-36-31-28-23-26-30-35-42-49-56-69(5)6)93-77(82)61-54-47-38-33-27-22-20-18-16-15-17-19-21-25-29-34-41-48-55-68(3)4/h68-73,78H,8-67H2,1-7H3,(H,83,84)(H,85,86)/t70?,71-,72-,73-/m1/s1. The van der Waals surface area contributed by atoms with E-state index in [2.05, 4.69) is 48.5 Å². The van der Waals surface area contributed by atoms with Crippen molar-refractivity contribution in [3.8, 4) is 0 Å². The molecule has 0 saturated heterocycles. The third-order valence-electron chi connectivity index (χ3n) is 18.2. The van der Waals surface area contributed by atoms with Crippen LogP contribution in [-0.2, 0) is 65.4 Å². The van der Waals surface area contributed by atoms with Gasteiger partial charge in [-0.25, -0.2) is 9.13 Å². The summed E-state index contributed by atoms with van der Waals surface area (Å²) >= 11 is 0. The van der Waals surface area contributed by atoms with E-state index in [1.807, 2.05) is 0 Å². The van der Waals surface area contributed by atoms with Crippen LogP contribution in [0, 0.1) is 17.8 Å². The number of esters is 4. The average molecular weight is 1410 g/mol. The van der Waals surface area contributed by atoms with E-state index < -0.39 is 97.5 Å². The maximum Gasteiger partial charge on any atom is 0.472 e. The second kappa shape index (κ2) is 67.5. The summed E-state index contributed by atoms with van der Waals surface area (Å²) in [5, 5.41) is 10.6. The maximum atomic E-state index is 13.1. The van der Waals surface area contributed by atoms with E-state index in [0.717, 1.165) is 114 Å². The minimum atomic E-state index is -4.96. The zero-order valence-corrected chi connectivity index (χ0v) is 64.6. The van der Waals surface area contributed by atoms with Crippen molar-refractivity contribution in [3.63, 3.8) is 0 Å². The Bertz CT molecular complexity index is 1870. The number of hydrogen-bond acceptors (Lipinski definition) is 15. The quantitative estimate of drug-likeness (QED) is 0.0222. The Morgan fingerprint density at radius 1 is 0.302 bits per heavy atom. The first-order valence-electron chi connectivity index (χ1n) is 39.9. The molecule has 17 nitrogen and oxygen atoms in total. The molecule has 0 bridgehead atoms. The van der Waals surface area contributed by atoms with E-state index in [-0.39, 0.29) is 25.7 Å². The Balaban J connectivity index is 5.21. The highest BCUT2D eigenvalue weighted by Gasteiger charge is 2.30. The highest BCUT2D eigenvalue weighted by molar-refractivity contribution is 7.47. The number of carbonyl (C=O) groups is 4. The van der Waals surface area contributed by atoms with Gasteiger partial charge in [0.1, 0.15) is 19.3 Å². The topological polar surface area (TPSA) is 237 Å². The van der Waals surface area contributed by atoms with Crippen LogP contribution in [0.2, 0.25) is 0 Å². The molecule has 0 saturated carbocycles. The molecular formula is C77H150O17P2. The van der Waals surface area contributed by atoms with Gasteiger partial charge < -0.3 is 33.8 Å². The predicted octanol–water partition coefficient (Wildman–Crippen LogP) is 22.6. The van der Waals surface area contributed by atoms with Crippen molar-refractivity contribution in [1.82, 2.24) is 0 Å². The molecule has 0 fully saturated rings. The van der Waals surface area contributed by atoms with Crippen molar-refractivity contribution in [2.24, 2.45) is 17.8 Å². The molecular weight excluding hydrogens is 1260 g/mol. The summed E-state index contributed by atoms with van der Waals surface area (Å²) in [6.45, 7) is 11.9. The van der Waals surface area contributed by atoms with Crippen molar-refractivity contribution in [1.29, 1.82) is 0 Å². The van der Waals surface area contributed by atoms with E-state index >= 15 is 0 Å². The second-order valence-electron chi connectivity index (χ2n) is 28.9. The highest BCUT2D eigenvalue weighted by atomic mass is 31.2. The van der Waals surface area contributed by atoms with Gasteiger partial charge in [-0.3, -0.25) is 37.3 Å². The van der Waals surface area contributed by atoms with Crippen molar-refractivity contribution in [2.75, 3.05) is 39.6 Å². The SMILES string of the molecule is CCCCCCCCCCCCCC(=O)O[C@H](COC(=O)CCCCCCCCC(C)CC)COP(=O)(O)OC[C@H](O)COP(=O)(O)OC[C@@H](COC(=O)CCCCCCCCCCCCCC(C)C)OC(=O)CCCCCCCCCCCCCCCCCCCCC(C)C. The minimum absolute atomic E-state index is 0.106. The molecule has 0 radical (unpaired) electrons. The van der Waals surface area contributed by atoms with E-state index in [0.29, 0.717) is 25.7 Å². The van der Waals surface area contributed by atoms with Crippen LogP contribution in [-0.4, -0.2) is 96.7 Å². The molecule has 0 aliphatic rings. The van der Waals surface area contributed by atoms with Crippen LogP contribution in [0.15, 0.2) is 0 Å². The second-order valence-corrected chi connectivity index (χ2v) is 31.8. The van der Waals surface area contributed by atoms with Gasteiger partial charge in [0.05, 0.1) is 26.4 Å². The number of carbonyl (C=O) groups excluding carboxylic acids is 4. The first-order valence-corrected chi connectivity index (χ1v) is 42.9. The van der Waals surface area contributed by atoms with Crippen molar-refractivity contribution < 1.29 is 80.2 Å². The molecule has 96 heavy (non-hydrogen) atoms. The Morgan fingerprint density at radius 3 is 0.792 bits per heavy atom. The molecule has 0 aromatic rings. The summed E-state index contributed by atoms with van der Waals surface area (Å²) in [6.07, 6.45) is 54.2. The van der Waals surface area contributed by atoms with Crippen molar-refractivity contribution in [2.45, 2.75) is 414 Å². The van der Waals surface area contributed by atoms with Gasteiger partial charge in [0.2, 0.25) is 0 Å². The summed E-state index contributed by atoms with van der Waals surface area (Å²) in [7, 11) is -9.91. The Morgan fingerprint density at radius 2 is 0.531 bits per heavy atom. The molecule has 6 atom stereocenters. The summed E-state index contributed by atoms with van der Waals surface area (Å²) in [4.78, 5) is 72.8. The molecule has 570 valence electrons. The lowest BCUT2D eigenvalue weighted by Crippen LogP contribution is -2.30. The Hall–Kier alpha value is -1.94. The first-order chi connectivity index (χ1) is 46.3. The van der Waals surface area contributed by atoms with Crippen LogP contribution in [0.25, 0.3) is 0 Å². The van der Waals surface area contributed by atoms with E-state index in [4.69, 9.17) is 37.0 Å². The molecule has 3 N–H and O–H groups in total. The first kappa shape index (κ1) is 94.1. The van der Waals surface area contributed by atoms with Gasteiger partial charge in [0.15, 0.2) is 12.2 Å². The third-order valence-corrected chi connectivity index (χ3v) is 20.1. The van der Waals surface area contributed by atoms with Crippen LogP contribution in [0.4, 0.5) is 0 Å². The largest absolute Gasteiger partial charge is 0.472 e. The summed E-state index contributed by atoms with van der Waals surface area (Å²) in [6, 6.07) is 0. The summed E-state index contributed by atoms with van der Waals surface area (Å²) in [5.74, 6) is 0.205. The van der Waals surface area contributed by atoms with Gasteiger partial charge in [0.25, 0.3) is 0 Å². The lowest BCUT2D eigenvalue weighted by molar-refractivity contribution is -0.161. The third kappa shape index (κ3) is 69.2. The molecule has 0 aliphatic carbocycles. The molecule has 0 rings (SSSR count). The number of hydrogen-bond donors (Lipinski definition) is 3. The van der Waals surface area contributed by atoms with Crippen LogP contribution < -0.4 is 0 Å². The zero-order chi connectivity index (χ0) is 70.9. The fourth-order valence-corrected chi connectivity index (χ4v) is 13.3.